The molecule has 0 aliphatic carbocycles. The van der Waals surface area contributed by atoms with Crippen LogP contribution in [0.5, 0.6) is 0 Å². The van der Waals surface area contributed by atoms with Crippen LogP contribution in [0.25, 0.3) is 0 Å². The Labute approximate surface area is 105 Å². The van der Waals surface area contributed by atoms with E-state index in [2.05, 4.69) is 10.1 Å². The molecule has 2 unspecified atom stereocenters. The van der Waals surface area contributed by atoms with Crippen molar-refractivity contribution < 1.29 is 13.9 Å². The lowest BCUT2D eigenvalue weighted by atomic mass is 10.1. The van der Waals surface area contributed by atoms with Crippen molar-refractivity contribution in [3.63, 3.8) is 0 Å². The smallest absolute Gasteiger partial charge is 0.322 e. The zero-order chi connectivity index (χ0) is 13.0. The molecule has 0 bridgehead atoms. The first kappa shape index (κ1) is 13.9. The molecule has 0 heterocycles. The molecule has 0 amide bonds. The summed E-state index contributed by atoms with van der Waals surface area (Å²) < 4.78 is 17.6. The van der Waals surface area contributed by atoms with Crippen LogP contribution >= 0.6 is 11.6 Å². The maximum absolute atomic E-state index is 13.0. The van der Waals surface area contributed by atoms with Gasteiger partial charge in [-0.1, -0.05) is 17.7 Å². The van der Waals surface area contributed by atoms with Gasteiger partial charge in [-0.05, 0) is 31.5 Å². The molecule has 0 aromatic heterocycles. The van der Waals surface area contributed by atoms with Crippen molar-refractivity contribution in [2.45, 2.75) is 25.9 Å². The molecule has 17 heavy (non-hydrogen) atoms. The van der Waals surface area contributed by atoms with E-state index in [1.807, 2.05) is 6.92 Å². The minimum Gasteiger partial charge on any atom is -0.468 e. The molecular weight excluding hydrogens is 245 g/mol. The molecule has 1 aromatic carbocycles. The van der Waals surface area contributed by atoms with E-state index in [0.717, 1.165) is 5.56 Å². The fourth-order valence-corrected chi connectivity index (χ4v) is 1.69. The summed E-state index contributed by atoms with van der Waals surface area (Å²) >= 11 is 5.69. The molecular formula is C12H15ClFNO2. The van der Waals surface area contributed by atoms with E-state index in [-0.39, 0.29) is 17.0 Å². The Morgan fingerprint density at radius 3 is 2.65 bits per heavy atom. The molecule has 1 N–H and O–H groups in total. The van der Waals surface area contributed by atoms with Crippen LogP contribution in [0.1, 0.15) is 25.5 Å². The highest BCUT2D eigenvalue weighted by Crippen LogP contribution is 2.20. The third-order valence-corrected chi connectivity index (χ3v) is 2.79. The van der Waals surface area contributed by atoms with Gasteiger partial charge in [0.2, 0.25) is 0 Å². The molecule has 0 aliphatic rings. The van der Waals surface area contributed by atoms with Crippen LogP contribution in [-0.4, -0.2) is 19.1 Å². The maximum Gasteiger partial charge on any atom is 0.322 e. The van der Waals surface area contributed by atoms with Crippen LogP contribution in [-0.2, 0) is 9.53 Å². The summed E-state index contributed by atoms with van der Waals surface area (Å²) in [7, 11) is 1.33. The summed E-state index contributed by atoms with van der Waals surface area (Å²) in [4.78, 5) is 11.2. The molecule has 0 spiro atoms. The highest BCUT2D eigenvalue weighted by atomic mass is 35.5. The standard InChI is InChI=1S/C12H15ClFNO2/c1-7(15-8(2)12(16)17-3)9-4-5-11(14)10(13)6-9/h4-8,15H,1-3H3. The summed E-state index contributed by atoms with van der Waals surface area (Å²) in [6.45, 7) is 3.57. The average Bonchev–Trinajstić information content (AvgIpc) is 2.31. The average molecular weight is 260 g/mol. The van der Waals surface area contributed by atoms with Gasteiger partial charge in [0.15, 0.2) is 0 Å². The Balaban J connectivity index is 2.72. The van der Waals surface area contributed by atoms with Gasteiger partial charge in [0.05, 0.1) is 12.1 Å². The Kier molecular flexibility index (Phi) is 4.90. The number of halogens is 2. The van der Waals surface area contributed by atoms with E-state index in [0.29, 0.717) is 0 Å². The summed E-state index contributed by atoms with van der Waals surface area (Å²) in [5.74, 6) is -0.798. The maximum atomic E-state index is 13.0. The van der Waals surface area contributed by atoms with Crippen LogP contribution in [0.4, 0.5) is 4.39 Å². The van der Waals surface area contributed by atoms with Crippen molar-refractivity contribution in [1.82, 2.24) is 5.32 Å². The van der Waals surface area contributed by atoms with Crippen molar-refractivity contribution in [2.24, 2.45) is 0 Å². The number of esters is 1. The van der Waals surface area contributed by atoms with Crippen molar-refractivity contribution in [2.75, 3.05) is 7.11 Å². The molecule has 0 fully saturated rings. The van der Waals surface area contributed by atoms with Gasteiger partial charge in [-0.2, -0.15) is 0 Å². The SMILES string of the molecule is COC(=O)C(C)NC(C)c1ccc(F)c(Cl)c1. The molecule has 2 atom stereocenters. The molecule has 94 valence electrons. The van der Waals surface area contributed by atoms with Gasteiger partial charge in [-0.3, -0.25) is 10.1 Å². The second kappa shape index (κ2) is 5.98. The minimum atomic E-state index is -0.455. The van der Waals surface area contributed by atoms with Gasteiger partial charge in [0.1, 0.15) is 11.9 Å². The topological polar surface area (TPSA) is 38.3 Å². The number of rotatable bonds is 4. The molecule has 5 heteroatoms. The third-order valence-electron chi connectivity index (χ3n) is 2.50. The van der Waals surface area contributed by atoms with Crippen molar-refractivity contribution >= 4 is 17.6 Å². The molecule has 0 saturated carbocycles. The Hall–Kier alpha value is -1.13. The first-order valence-corrected chi connectivity index (χ1v) is 5.62. The van der Waals surface area contributed by atoms with Crippen LogP contribution in [0.2, 0.25) is 5.02 Å². The number of benzene rings is 1. The molecule has 0 saturated heterocycles. The van der Waals surface area contributed by atoms with Crippen LogP contribution in [0.15, 0.2) is 18.2 Å². The first-order valence-electron chi connectivity index (χ1n) is 5.24. The second-order valence-corrected chi connectivity index (χ2v) is 4.21. The predicted molar refractivity (Wildman–Crippen MR) is 64.4 cm³/mol. The van der Waals surface area contributed by atoms with Crippen molar-refractivity contribution in [3.05, 3.63) is 34.6 Å². The van der Waals surface area contributed by atoms with Gasteiger partial charge in [-0.15, -0.1) is 0 Å². The number of methoxy groups -OCH3 is 1. The Morgan fingerprint density at radius 2 is 2.12 bits per heavy atom. The van der Waals surface area contributed by atoms with Crippen LogP contribution < -0.4 is 5.32 Å². The summed E-state index contributed by atoms with van der Waals surface area (Å²) in [5, 5.41) is 3.11. The molecule has 1 aromatic rings. The van der Waals surface area contributed by atoms with Gasteiger partial charge >= 0.3 is 5.97 Å². The van der Waals surface area contributed by atoms with E-state index >= 15 is 0 Å². The normalized spacial score (nSPS) is 14.2. The van der Waals surface area contributed by atoms with Gasteiger partial charge in [-0.25, -0.2) is 4.39 Å². The van der Waals surface area contributed by atoms with E-state index in [1.165, 1.54) is 13.2 Å². The second-order valence-electron chi connectivity index (χ2n) is 3.81. The quantitative estimate of drug-likeness (QED) is 0.845. The van der Waals surface area contributed by atoms with Gasteiger partial charge in [0.25, 0.3) is 0 Å². The zero-order valence-electron chi connectivity index (χ0n) is 9.96. The number of carbonyl (C=O) groups is 1. The summed E-state index contributed by atoms with van der Waals surface area (Å²) in [5.41, 5.74) is 0.812. The van der Waals surface area contributed by atoms with E-state index in [1.54, 1.807) is 19.1 Å². The summed E-state index contributed by atoms with van der Waals surface area (Å²) in [6, 6.07) is 3.92. The first-order chi connectivity index (χ1) is 7.95. The van der Waals surface area contributed by atoms with Gasteiger partial charge < -0.3 is 4.74 Å². The van der Waals surface area contributed by atoms with Crippen LogP contribution in [0.3, 0.4) is 0 Å². The summed E-state index contributed by atoms with van der Waals surface area (Å²) in [6.07, 6.45) is 0. The van der Waals surface area contributed by atoms with Gasteiger partial charge in [0, 0.05) is 6.04 Å². The third kappa shape index (κ3) is 3.68. The zero-order valence-corrected chi connectivity index (χ0v) is 10.7. The lowest BCUT2D eigenvalue weighted by Gasteiger charge is -2.18. The number of hydrogen-bond donors (Lipinski definition) is 1. The highest BCUT2D eigenvalue weighted by molar-refractivity contribution is 6.30. The van der Waals surface area contributed by atoms with Crippen molar-refractivity contribution in [1.29, 1.82) is 0 Å². The molecule has 0 aliphatic heterocycles. The molecule has 1 rings (SSSR count). The lowest BCUT2D eigenvalue weighted by molar-refractivity contribution is -0.142. The van der Waals surface area contributed by atoms with E-state index < -0.39 is 11.9 Å². The Bertz CT molecular complexity index is 411. The number of nitrogens with one attached hydrogen (secondary N) is 1. The Morgan fingerprint density at radius 1 is 1.47 bits per heavy atom. The fourth-order valence-electron chi connectivity index (χ4n) is 1.50. The number of carbonyl (C=O) groups excluding carboxylic acids is 1. The number of hydrogen-bond acceptors (Lipinski definition) is 3. The number of ether oxygens (including phenoxy) is 1. The molecule has 3 nitrogen and oxygen atoms in total. The van der Waals surface area contributed by atoms with E-state index in [9.17, 15) is 9.18 Å². The van der Waals surface area contributed by atoms with Crippen molar-refractivity contribution in [3.8, 4) is 0 Å². The predicted octanol–water partition coefficient (Wildman–Crippen LogP) is 2.69. The minimum absolute atomic E-state index is 0.0712. The largest absolute Gasteiger partial charge is 0.468 e. The highest BCUT2D eigenvalue weighted by Gasteiger charge is 2.17. The van der Waals surface area contributed by atoms with E-state index in [4.69, 9.17) is 11.6 Å². The lowest BCUT2D eigenvalue weighted by Crippen LogP contribution is -2.36. The van der Waals surface area contributed by atoms with Crippen LogP contribution in [0, 0.1) is 5.82 Å². The molecule has 0 radical (unpaired) electrons. The monoisotopic (exact) mass is 259 g/mol. The fraction of sp³-hybridized carbons (Fsp3) is 0.417.